The third-order valence-electron chi connectivity index (χ3n) is 4.64. The number of hydrogen-bond acceptors (Lipinski definition) is 4. The zero-order valence-corrected chi connectivity index (χ0v) is 13.0. The van der Waals surface area contributed by atoms with Crippen LogP contribution in [0.15, 0.2) is 0 Å². The van der Waals surface area contributed by atoms with Crippen molar-refractivity contribution in [3.8, 4) is 0 Å². The maximum atomic E-state index is 4.56. The molecule has 0 amide bonds. The zero-order chi connectivity index (χ0) is 13.0. The fourth-order valence-corrected chi connectivity index (χ4v) is 3.45. The van der Waals surface area contributed by atoms with Gasteiger partial charge in [0, 0.05) is 45.8 Å². The number of thiol groups is 1. The molecule has 1 heterocycles. The SMILES string of the molecule is CN(C)CCN1CCN(CC2(CS)CCC2)CC1. The molecule has 0 bridgehead atoms. The molecule has 0 spiro atoms. The Morgan fingerprint density at radius 1 is 1.06 bits per heavy atom. The van der Waals surface area contributed by atoms with Gasteiger partial charge in [-0.1, -0.05) is 6.42 Å². The number of rotatable bonds is 6. The first-order chi connectivity index (χ1) is 8.63. The summed E-state index contributed by atoms with van der Waals surface area (Å²) in [6.07, 6.45) is 4.22. The second-order valence-electron chi connectivity index (χ2n) is 6.43. The Hall–Kier alpha value is 0.230. The van der Waals surface area contributed by atoms with Crippen LogP contribution in [0.1, 0.15) is 19.3 Å². The van der Waals surface area contributed by atoms with Crippen LogP contribution in [0.5, 0.6) is 0 Å². The maximum absolute atomic E-state index is 4.56. The summed E-state index contributed by atoms with van der Waals surface area (Å²) in [5.74, 6) is 1.08. The van der Waals surface area contributed by atoms with E-state index in [4.69, 9.17) is 0 Å². The summed E-state index contributed by atoms with van der Waals surface area (Å²) in [5, 5.41) is 0. The van der Waals surface area contributed by atoms with E-state index in [1.54, 1.807) is 0 Å². The van der Waals surface area contributed by atoms with Gasteiger partial charge in [0.25, 0.3) is 0 Å². The van der Waals surface area contributed by atoms with E-state index < -0.39 is 0 Å². The Morgan fingerprint density at radius 3 is 2.11 bits per heavy atom. The summed E-state index contributed by atoms with van der Waals surface area (Å²) in [6, 6.07) is 0. The molecule has 0 N–H and O–H groups in total. The monoisotopic (exact) mass is 271 g/mol. The summed E-state index contributed by atoms with van der Waals surface area (Å²) in [7, 11) is 4.31. The quantitative estimate of drug-likeness (QED) is 0.729. The first kappa shape index (κ1) is 14.6. The lowest BCUT2D eigenvalue weighted by atomic mass is 9.70. The Bertz CT molecular complexity index is 240. The molecule has 0 radical (unpaired) electrons. The number of piperazine rings is 1. The minimum Gasteiger partial charge on any atom is -0.308 e. The van der Waals surface area contributed by atoms with Gasteiger partial charge in [-0.15, -0.1) is 0 Å². The lowest BCUT2D eigenvalue weighted by Crippen LogP contribution is -2.52. The van der Waals surface area contributed by atoms with E-state index >= 15 is 0 Å². The van der Waals surface area contributed by atoms with Crippen molar-refractivity contribution in [2.45, 2.75) is 19.3 Å². The third kappa shape index (κ3) is 3.86. The molecule has 106 valence electrons. The van der Waals surface area contributed by atoms with Crippen LogP contribution in [0.4, 0.5) is 0 Å². The maximum Gasteiger partial charge on any atom is 0.0110 e. The number of likely N-dealkylation sites (N-methyl/N-ethyl adjacent to an activating group) is 1. The predicted molar refractivity (Wildman–Crippen MR) is 81.6 cm³/mol. The van der Waals surface area contributed by atoms with Crippen molar-refractivity contribution in [3.63, 3.8) is 0 Å². The minimum atomic E-state index is 0.564. The summed E-state index contributed by atoms with van der Waals surface area (Å²) in [5.41, 5.74) is 0.564. The fraction of sp³-hybridized carbons (Fsp3) is 1.00. The average molecular weight is 271 g/mol. The lowest BCUT2D eigenvalue weighted by Gasteiger charge is -2.46. The van der Waals surface area contributed by atoms with Crippen molar-refractivity contribution in [1.82, 2.24) is 14.7 Å². The Balaban J connectivity index is 1.67. The molecule has 18 heavy (non-hydrogen) atoms. The van der Waals surface area contributed by atoms with Crippen molar-refractivity contribution in [2.24, 2.45) is 5.41 Å². The summed E-state index contributed by atoms with van der Waals surface area (Å²) >= 11 is 4.56. The molecule has 1 aliphatic carbocycles. The highest BCUT2D eigenvalue weighted by atomic mass is 32.1. The highest BCUT2D eigenvalue weighted by Crippen LogP contribution is 2.42. The van der Waals surface area contributed by atoms with Gasteiger partial charge in [0.15, 0.2) is 0 Å². The van der Waals surface area contributed by atoms with E-state index in [1.807, 2.05) is 0 Å². The van der Waals surface area contributed by atoms with Crippen LogP contribution < -0.4 is 0 Å². The Morgan fingerprint density at radius 2 is 1.67 bits per heavy atom. The van der Waals surface area contributed by atoms with Gasteiger partial charge in [-0.3, -0.25) is 4.90 Å². The largest absolute Gasteiger partial charge is 0.308 e. The van der Waals surface area contributed by atoms with Gasteiger partial charge in [-0.2, -0.15) is 12.6 Å². The fourth-order valence-electron chi connectivity index (χ4n) is 3.03. The first-order valence-electron chi connectivity index (χ1n) is 7.34. The Kier molecular flexibility index (Phi) is 5.36. The van der Waals surface area contributed by atoms with Gasteiger partial charge >= 0.3 is 0 Å². The van der Waals surface area contributed by atoms with Gasteiger partial charge < -0.3 is 9.80 Å². The van der Waals surface area contributed by atoms with Gasteiger partial charge in [-0.05, 0) is 38.1 Å². The average Bonchev–Trinajstić information content (AvgIpc) is 2.33. The molecule has 0 aromatic heterocycles. The Labute approximate surface area is 118 Å². The minimum absolute atomic E-state index is 0.564. The molecular formula is C14H29N3S. The van der Waals surface area contributed by atoms with Gasteiger partial charge in [-0.25, -0.2) is 0 Å². The van der Waals surface area contributed by atoms with Crippen molar-refractivity contribution in [2.75, 3.05) is 65.7 Å². The topological polar surface area (TPSA) is 9.72 Å². The molecule has 1 saturated heterocycles. The van der Waals surface area contributed by atoms with Gasteiger partial charge in [0.05, 0.1) is 0 Å². The molecule has 0 atom stereocenters. The molecule has 2 aliphatic rings. The summed E-state index contributed by atoms with van der Waals surface area (Å²) in [4.78, 5) is 7.54. The van der Waals surface area contributed by atoms with E-state index in [9.17, 15) is 0 Å². The highest BCUT2D eigenvalue weighted by Gasteiger charge is 2.37. The van der Waals surface area contributed by atoms with Crippen LogP contribution in [0.2, 0.25) is 0 Å². The summed E-state index contributed by atoms with van der Waals surface area (Å²) < 4.78 is 0. The van der Waals surface area contributed by atoms with Crippen molar-refractivity contribution >= 4 is 12.6 Å². The molecule has 0 aromatic rings. The molecule has 0 aromatic carbocycles. The van der Waals surface area contributed by atoms with Crippen molar-refractivity contribution < 1.29 is 0 Å². The highest BCUT2D eigenvalue weighted by molar-refractivity contribution is 7.80. The summed E-state index contributed by atoms with van der Waals surface area (Å²) in [6.45, 7) is 8.69. The van der Waals surface area contributed by atoms with Crippen LogP contribution in [0, 0.1) is 5.41 Å². The van der Waals surface area contributed by atoms with E-state index in [0.717, 1.165) is 5.75 Å². The van der Waals surface area contributed by atoms with E-state index in [-0.39, 0.29) is 0 Å². The van der Waals surface area contributed by atoms with Gasteiger partial charge in [0.1, 0.15) is 0 Å². The molecule has 2 rings (SSSR count). The van der Waals surface area contributed by atoms with Crippen LogP contribution in [-0.2, 0) is 0 Å². The van der Waals surface area contributed by atoms with Crippen molar-refractivity contribution in [1.29, 1.82) is 0 Å². The second kappa shape index (κ2) is 6.60. The predicted octanol–water partition coefficient (Wildman–Crippen LogP) is 1.27. The molecule has 1 aliphatic heterocycles. The lowest BCUT2D eigenvalue weighted by molar-refractivity contribution is 0.0523. The number of nitrogens with zero attached hydrogens (tertiary/aromatic N) is 3. The van der Waals surface area contributed by atoms with Crippen LogP contribution in [0.3, 0.4) is 0 Å². The third-order valence-corrected chi connectivity index (χ3v) is 5.31. The number of hydrogen-bond donors (Lipinski definition) is 1. The van der Waals surface area contributed by atoms with Crippen LogP contribution >= 0.6 is 12.6 Å². The second-order valence-corrected chi connectivity index (χ2v) is 6.75. The van der Waals surface area contributed by atoms with Crippen LogP contribution in [0.25, 0.3) is 0 Å². The molecule has 0 unspecified atom stereocenters. The van der Waals surface area contributed by atoms with E-state index in [2.05, 4.69) is 41.4 Å². The van der Waals surface area contributed by atoms with Crippen molar-refractivity contribution in [3.05, 3.63) is 0 Å². The van der Waals surface area contributed by atoms with Gasteiger partial charge in [0.2, 0.25) is 0 Å². The zero-order valence-electron chi connectivity index (χ0n) is 12.1. The molecule has 3 nitrogen and oxygen atoms in total. The molecule has 1 saturated carbocycles. The molecule has 2 fully saturated rings. The first-order valence-corrected chi connectivity index (χ1v) is 7.97. The standard InChI is InChI=1S/C14H29N3S/c1-15(2)6-7-16-8-10-17(11-9-16)12-14(13-18)4-3-5-14/h18H,3-13H2,1-2H3. The van der Waals surface area contributed by atoms with E-state index in [1.165, 1.54) is 65.1 Å². The molecule has 4 heteroatoms. The molecular weight excluding hydrogens is 242 g/mol. The normalized spacial score (nSPS) is 25.3. The van der Waals surface area contributed by atoms with E-state index in [0.29, 0.717) is 5.41 Å². The smallest absolute Gasteiger partial charge is 0.0110 e. The van der Waals surface area contributed by atoms with Crippen LogP contribution in [-0.4, -0.2) is 80.4 Å².